The number of nitrogens with zero attached hydrogens (tertiary/aromatic N) is 7. The van der Waals surface area contributed by atoms with Crippen LogP contribution in [0.15, 0.2) is 54.0 Å². The molecule has 2 aliphatic rings. The summed E-state index contributed by atoms with van der Waals surface area (Å²) in [5.74, 6) is -1.31. The van der Waals surface area contributed by atoms with E-state index in [0.717, 1.165) is 22.0 Å². The zero-order valence-corrected chi connectivity index (χ0v) is 38.4. The maximum atomic E-state index is 14.3. The molecule has 6 rings (SSSR count). The lowest BCUT2D eigenvalue weighted by molar-refractivity contribution is -0.161. The molecule has 0 spiro atoms. The number of aromatic nitrogens is 6. The monoisotopic (exact) mass is 990 g/mol. The number of amides is 1. The number of likely N-dealkylation sites (N-methyl/N-ethyl adjacent to an activating group) is 1. The molecule has 26 nitrogen and oxygen atoms in total. The third-order valence-electron chi connectivity index (χ3n) is 9.80. The maximum absolute atomic E-state index is 14.3. The lowest BCUT2D eigenvalue weighted by Gasteiger charge is -2.30. The largest absolute Gasteiger partial charge is 0.469 e. The van der Waals surface area contributed by atoms with E-state index in [4.69, 9.17) is 40.7 Å². The van der Waals surface area contributed by atoms with Crippen molar-refractivity contribution in [2.24, 2.45) is 0 Å². The van der Waals surface area contributed by atoms with Crippen molar-refractivity contribution < 1.29 is 71.6 Å². The van der Waals surface area contributed by atoms with Gasteiger partial charge in [0.05, 0.1) is 19.5 Å². The summed E-state index contributed by atoms with van der Waals surface area (Å²) in [5.41, 5.74) is 15.5. The molecule has 4 aromatic rings. The number of anilines is 3. The highest BCUT2D eigenvalue weighted by molar-refractivity contribution is 8.77. The minimum absolute atomic E-state index is 0.0185. The van der Waals surface area contributed by atoms with Gasteiger partial charge >= 0.3 is 33.2 Å². The van der Waals surface area contributed by atoms with Crippen molar-refractivity contribution in [1.29, 1.82) is 0 Å². The highest BCUT2D eigenvalue weighted by Crippen LogP contribution is 2.57. The second-order valence-electron chi connectivity index (χ2n) is 15.7. The van der Waals surface area contributed by atoms with Gasteiger partial charge in [0.15, 0.2) is 30.0 Å². The first-order valence-electron chi connectivity index (χ1n) is 19.3. The number of fused-ring (bicyclic) bond motifs is 1. The summed E-state index contributed by atoms with van der Waals surface area (Å²) >= 11 is 0. The fourth-order valence-electron chi connectivity index (χ4n) is 6.66. The summed E-state index contributed by atoms with van der Waals surface area (Å²) in [4.78, 5) is 87.5. The second-order valence-corrected chi connectivity index (χ2v) is 22.1. The Morgan fingerprint density at radius 2 is 1.60 bits per heavy atom. The number of nitrogens with two attached hydrogens (primary N) is 3. The van der Waals surface area contributed by atoms with Crippen LogP contribution in [0.3, 0.4) is 0 Å². The van der Waals surface area contributed by atoms with E-state index in [1.165, 1.54) is 45.6 Å². The first-order valence-corrected chi connectivity index (χ1v) is 24.8. The van der Waals surface area contributed by atoms with Crippen molar-refractivity contribution in [2.75, 3.05) is 43.2 Å². The van der Waals surface area contributed by atoms with Crippen LogP contribution >= 0.6 is 37.0 Å². The number of benzene rings is 1. The van der Waals surface area contributed by atoms with Crippen molar-refractivity contribution in [3.05, 3.63) is 65.2 Å². The molecular formula is C35H48N10O16P2S2. The maximum Gasteiger partial charge on any atom is 0.469 e. The van der Waals surface area contributed by atoms with Gasteiger partial charge in [-0.25, -0.2) is 33.9 Å². The Balaban J connectivity index is 1.28. The van der Waals surface area contributed by atoms with E-state index in [1.54, 1.807) is 24.3 Å². The summed E-state index contributed by atoms with van der Waals surface area (Å²) in [5, 5.41) is 23.2. The lowest BCUT2D eigenvalue weighted by Crippen LogP contribution is -2.48. The molecule has 0 saturated carbocycles. The van der Waals surface area contributed by atoms with Crippen LogP contribution in [-0.4, -0.2) is 144 Å². The topological polar surface area (TPSA) is 385 Å². The summed E-state index contributed by atoms with van der Waals surface area (Å²) < 4.78 is 60.8. The van der Waals surface area contributed by atoms with Crippen molar-refractivity contribution in [1.82, 2.24) is 34.0 Å². The predicted octanol–water partition coefficient (Wildman–Crippen LogP) is 0.755. The molecule has 2 saturated heterocycles. The fraction of sp³-hybridized carbons (Fsp3) is 0.514. The number of rotatable bonds is 17. The summed E-state index contributed by atoms with van der Waals surface area (Å²) in [6.07, 6.45) is -9.76. The highest BCUT2D eigenvalue weighted by Gasteiger charge is 2.56. The average Bonchev–Trinajstić information content (AvgIpc) is 3.90. The highest BCUT2D eigenvalue weighted by atomic mass is 33.1. The van der Waals surface area contributed by atoms with Gasteiger partial charge in [0.2, 0.25) is 0 Å². The molecule has 1 amide bonds. The molecular weight excluding hydrogens is 943 g/mol. The molecule has 65 heavy (non-hydrogen) atoms. The normalized spacial score (nSPS) is 25.0. The molecule has 356 valence electrons. The minimum Gasteiger partial charge on any atom is -0.455 e. The Kier molecular flexibility index (Phi) is 15.6. The molecule has 3 aromatic heterocycles. The number of imidazole rings is 1. The van der Waals surface area contributed by atoms with Gasteiger partial charge in [-0.2, -0.15) is 4.98 Å². The summed E-state index contributed by atoms with van der Waals surface area (Å²) in [6.45, 7) is 3.62. The second kappa shape index (κ2) is 20.2. The number of hydrogen-bond acceptors (Lipinski definition) is 22. The number of aliphatic hydroxyl groups is 2. The predicted molar refractivity (Wildman–Crippen MR) is 232 cm³/mol. The molecule has 1 aromatic carbocycles. The van der Waals surface area contributed by atoms with E-state index in [9.17, 15) is 48.4 Å². The van der Waals surface area contributed by atoms with E-state index in [-0.39, 0.29) is 39.9 Å². The third-order valence-corrected chi connectivity index (χ3v) is 15.5. The van der Waals surface area contributed by atoms with Gasteiger partial charge in [0.1, 0.15) is 60.4 Å². The van der Waals surface area contributed by atoms with E-state index in [1.807, 2.05) is 20.8 Å². The number of phosphoric ester groups is 1. The van der Waals surface area contributed by atoms with E-state index in [2.05, 4.69) is 24.5 Å². The standard InChI is InChI=1S/C35H48N10O16P2S2/c1-35(2,3)65-64-14-19(43(4)34(50)56-11-17-5-7-18(36)8-6-17)32(48)61-26-20(59-30(24(26)46)45-16-41-23-28(38)39-15-40-29(23)45)12-57-62(51,52)27-21(13-58-63(53,54)55)60-31(25(27)47)44-10-9-22(37)42-33(44)49/h5-10,15-16,19-21,24-27,30-31,46-47H,11-14,36H2,1-4H3,(H,51,52)(H2,37,42,49)(H2,38,39,40)(H2,53,54,55)/t19-,20+,21?,24+,25+,26+,27+,30+,31+/m0/s1. The number of carbonyl (C=O) groups excluding carboxylic acids is 2. The summed E-state index contributed by atoms with van der Waals surface area (Å²) in [7, 11) is -6.54. The van der Waals surface area contributed by atoms with E-state index in [0.29, 0.717) is 11.3 Å². The lowest BCUT2D eigenvalue weighted by atomic mass is 10.1. The van der Waals surface area contributed by atoms with E-state index >= 15 is 0 Å². The van der Waals surface area contributed by atoms with Gasteiger partial charge in [-0.05, 0) is 23.8 Å². The van der Waals surface area contributed by atoms with Gasteiger partial charge in [-0.15, -0.1) is 0 Å². The first-order chi connectivity index (χ1) is 30.4. The molecule has 5 heterocycles. The van der Waals surface area contributed by atoms with Gasteiger partial charge < -0.3 is 65.6 Å². The molecule has 11 N–H and O–H groups in total. The molecule has 2 fully saturated rings. The number of esters is 1. The van der Waals surface area contributed by atoms with Crippen LogP contribution in [0.5, 0.6) is 0 Å². The van der Waals surface area contributed by atoms with Gasteiger partial charge in [0, 0.05) is 29.4 Å². The van der Waals surface area contributed by atoms with Crippen LogP contribution < -0.4 is 22.9 Å². The summed E-state index contributed by atoms with van der Waals surface area (Å²) in [6, 6.07) is 6.39. The Morgan fingerprint density at radius 1 is 0.938 bits per heavy atom. The van der Waals surface area contributed by atoms with Crippen molar-refractivity contribution in [2.45, 2.75) is 86.8 Å². The number of nitrogen functional groups attached to an aromatic ring is 3. The molecule has 0 aliphatic carbocycles. The molecule has 2 aliphatic heterocycles. The Bertz CT molecular complexity index is 2490. The fourth-order valence-corrected chi connectivity index (χ4v) is 11.2. The third kappa shape index (κ3) is 12.1. The molecule has 0 radical (unpaired) electrons. The minimum atomic E-state index is -5.30. The molecule has 2 unspecified atom stereocenters. The Morgan fingerprint density at radius 3 is 2.26 bits per heavy atom. The zero-order valence-electron chi connectivity index (χ0n) is 34.9. The van der Waals surface area contributed by atoms with Crippen LogP contribution in [-0.2, 0) is 48.5 Å². The first kappa shape index (κ1) is 50.0. The quantitative estimate of drug-likeness (QED) is 0.0313. The van der Waals surface area contributed by atoms with Crippen LogP contribution in [0, 0.1) is 0 Å². The molecule has 10 atom stereocenters. The van der Waals surface area contributed by atoms with Crippen LogP contribution in [0.1, 0.15) is 38.8 Å². The van der Waals surface area contributed by atoms with Gasteiger partial charge in [-0.1, -0.05) is 54.5 Å². The van der Waals surface area contributed by atoms with Gasteiger partial charge in [0.25, 0.3) is 0 Å². The van der Waals surface area contributed by atoms with Crippen LogP contribution in [0.4, 0.5) is 22.1 Å². The number of carbonyl (C=O) groups is 2. The van der Waals surface area contributed by atoms with Crippen molar-refractivity contribution in [3.8, 4) is 0 Å². The number of hydrogen-bond donors (Lipinski definition) is 8. The van der Waals surface area contributed by atoms with Gasteiger partial charge in [-0.3, -0.25) is 23.1 Å². The van der Waals surface area contributed by atoms with Crippen LogP contribution in [0.25, 0.3) is 11.2 Å². The Labute approximate surface area is 377 Å². The molecule has 30 heteroatoms. The number of aliphatic hydroxyl groups excluding tert-OH is 2. The SMILES string of the molecule is CN(C(=O)OCc1ccc(N)cc1)[C@@H](CSSC(C)(C)C)C(=O)O[C@H]1[C@@H](O)[C@H](n2cnc3c(N)ncnc32)O[C@@H]1COP(=O)(O)[C@@H]1C(COP(=O)(O)O)O[C@@H](n2ccc(N)nc2=O)[C@@H]1O. The van der Waals surface area contributed by atoms with Crippen molar-refractivity contribution >= 4 is 77.6 Å². The van der Waals surface area contributed by atoms with Crippen LogP contribution in [0.2, 0.25) is 0 Å². The number of phosphoric acid groups is 1. The average molecular weight is 991 g/mol. The smallest absolute Gasteiger partial charge is 0.455 e. The molecule has 0 bridgehead atoms. The van der Waals surface area contributed by atoms with E-state index < -0.39 is 101 Å². The Hall–Kier alpha value is -4.41. The van der Waals surface area contributed by atoms with Crippen molar-refractivity contribution in [3.63, 3.8) is 0 Å². The zero-order chi connectivity index (χ0) is 47.6. The number of ether oxygens (including phenoxy) is 4.